The summed E-state index contributed by atoms with van der Waals surface area (Å²) in [5.41, 5.74) is -1.08. The van der Waals surface area contributed by atoms with E-state index in [9.17, 15) is 23.0 Å². The molecular formula is C16H23F2N2O4P. The lowest BCUT2D eigenvalue weighted by Gasteiger charge is -2.33. The maximum absolute atomic E-state index is 13.6. The number of hydrogen-bond acceptors (Lipinski definition) is 3. The lowest BCUT2D eigenvalue weighted by atomic mass is 10.1. The number of carbonyl (C=O) groups is 1. The SMILES string of the molecule is CCCCON1CCCC(P(=O)(O)NCc2ccc(F)cc2F)C1=O. The van der Waals surface area contributed by atoms with Crippen LogP contribution in [0.5, 0.6) is 0 Å². The first-order chi connectivity index (χ1) is 11.8. The van der Waals surface area contributed by atoms with Gasteiger partial charge in [0.2, 0.25) is 0 Å². The largest absolute Gasteiger partial charge is 0.333 e. The van der Waals surface area contributed by atoms with Gasteiger partial charge in [-0.15, -0.1) is 0 Å². The zero-order chi connectivity index (χ0) is 18.4. The van der Waals surface area contributed by atoms with Crippen LogP contribution < -0.4 is 5.09 Å². The maximum atomic E-state index is 13.6. The Labute approximate surface area is 145 Å². The monoisotopic (exact) mass is 376 g/mol. The van der Waals surface area contributed by atoms with Gasteiger partial charge < -0.3 is 4.89 Å². The molecule has 1 heterocycles. The second-order valence-corrected chi connectivity index (χ2v) is 8.16. The molecule has 2 rings (SSSR count). The first-order valence-corrected chi connectivity index (χ1v) is 10.0. The van der Waals surface area contributed by atoms with Gasteiger partial charge >= 0.3 is 0 Å². The summed E-state index contributed by atoms with van der Waals surface area (Å²) in [5, 5.41) is 3.51. The smallest absolute Gasteiger partial charge is 0.279 e. The highest BCUT2D eigenvalue weighted by Gasteiger charge is 2.42. The molecule has 1 amide bonds. The van der Waals surface area contributed by atoms with Crippen LogP contribution in [0.2, 0.25) is 0 Å². The van der Waals surface area contributed by atoms with Crippen molar-refractivity contribution in [3.63, 3.8) is 0 Å². The first kappa shape index (κ1) is 20.0. The van der Waals surface area contributed by atoms with Crippen LogP contribution in [-0.4, -0.2) is 34.7 Å². The van der Waals surface area contributed by atoms with E-state index in [0.29, 0.717) is 25.6 Å². The highest BCUT2D eigenvalue weighted by Crippen LogP contribution is 2.46. The average Bonchev–Trinajstić information content (AvgIpc) is 2.55. The summed E-state index contributed by atoms with van der Waals surface area (Å²) < 4.78 is 39.1. The fourth-order valence-corrected chi connectivity index (χ4v) is 4.15. The van der Waals surface area contributed by atoms with Crippen molar-refractivity contribution in [3.05, 3.63) is 35.4 Å². The van der Waals surface area contributed by atoms with Gasteiger partial charge in [-0.1, -0.05) is 19.4 Å². The standard InChI is InChI=1S/C16H23F2N2O4P/c1-2-3-9-24-20-8-4-5-15(16(20)21)25(22,23)19-11-12-6-7-13(17)10-14(12)18/h6-7,10,15H,2-5,8-9,11H2,1H3,(H2,19,22,23). The predicted molar refractivity (Wildman–Crippen MR) is 88.6 cm³/mol. The molecule has 9 heteroatoms. The minimum Gasteiger partial charge on any atom is -0.333 e. The van der Waals surface area contributed by atoms with Crippen LogP contribution in [0.1, 0.15) is 38.2 Å². The number of rotatable bonds is 8. The van der Waals surface area contributed by atoms with E-state index in [1.54, 1.807) is 0 Å². The molecule has 1 saturated heterocycles. The Bertz CT molecular complexity index is 659. The van der Waals surface area contributed by atoms with Crippen molar-refractivity contribution in [3.8, 4) is 0 Å². The Morgan fingerprint density at radius 2 is 2.20 bits per heavy atom. The van der Waals surface area contributed by atoms with Crippen LogP contribution in [0.3, 0.4) is 0 Å². The number of piperidine rings is 1. The molecule has 1 fully saturated rings. The molecule has 6 nitrogen and oxygen atoms in total. The predicted octanol–water partition coefficient (Wildman–Crippen LogP) is 2.96. The van der Waals surface area contributed by atoms with Crippen molar-refractivity contribution < 1.29 is 27.9 Å². The minimum absolute atomic E-state index is 0.0509. The number of carbonyl (C=O) groups excluding carboxylic acids is 1. The molecule has 140 valence electrons. The van der Waals surface area contributed by atoms with E-state index in [1.807, 2.05) is 6.92 Å². The molecule has 2 unspecified atom stereocenters. The Morgan fingerprint density at radius 3 is 2.88 bits per heavy atom. The van der Waals surface area contributed by atoms with Crippen LogP contribution in [0, 0.1) is 11.6 Å². The molecule has 0 aliphatic carbocycles. The second-order valence-electron chi connectivity index (χ2n) is 5.98. The summed E-state index contributed by atoms with van der Waals surface area (Å²) in [5.74, 6) is -2.08. The highest BCUT2D eigenvalue weighted by atomic mass is 31.2. The summed E-state index contributed by atoms with van der Waals surface area (Å²) in [6, 6.07) is 2.96. The topological polar surface area (TPSA) is 78.9 Å². The quantitative estimate of drug-likeness (QED) is 0.539. The van der Waals surface area contributed by atoms with Crippen LogP contribution in [-0.2, 0) is 20.7 Å². The van der Waals surface area contributed by atoms with Gasteiger partial charge in [0.15, 0.2) is 0 Å². The minimum atomic E-state index is -4.08. The van der Waals surface area contributed by atoms with Crippen molar-refractivity contribution in [2.75, 3.05) is 13.2 Å². The third-order valence-electron chi connectivity index (χ3n) is 4.05. The van der Waals surface area contributed by atoms with E-state index >= 15 is 0 Å². The molecular weight excluding hydrogens is 353 g/mol. The van der Waals surface area contributed by atoms with Gasteiger partial charge in [0.05, 0.1) is 6.61 Å². The highest BCUT2D eigenvalue weighted by molar-refractivity contribution is 7.57. The van der Waals surface area contributed by atoms with E-state index in [-0.39, 0.29) is 18.5 Å². The summed E-state index contributed by atoms with van der Waals surface area (Å²) >= 11 is 0. The Morgan fingerprint density at radius 1 is 1.44 bits per heavy atom. The van der Waals surface area contributed by atoms with Crippen molar-refractivity contribution in [2.24, 2.45) is 0 Å². The summed E-state index contributed by atoms with van der Waals surface area (Å²) in [7, 11) is -4.08. The molecule has 1 aromatic rings. The molecule has 1 aliphatic rings. The molecule has 0 radical (unpaired) electrons. The van der Waals surface area contributed by atoms with Gasteiger partial charge in [0, 0.05) is 24.7 Å². The number of nitrogens with one attached hydrogen (secondary N) is 1. The van der Waals surface area contributed by atoms with Gasteiger partial charge in [0.1, 0.15) is 17.3 Å². The van der Waals surface area contributed by atoms with E-state index in [2.05, 4.69) is 5.09 Å². The van der Waals surface area contributed by atoms with Crippen molar-refractivity contribution in [1.82, 2.24) is 10.2 Å². The van der Waals surface area contributed by atoms with Crippen molar-refractivity contribution in [1.29, 1.82) is 0 Å². The number of hydrogen-bond donors (Lipinski definition) is 2. The fourth-order valence-electron chi connectivity index (χ4n) is 2.57. The second kappa shape index (κ2) is 8.85. The Balaban J connectivity index is 1.99. The first-order valence-electron chi connectivity index (χ1n) is 8.31. The van der Waals surface area contributed by atoms with Gasteiger partial charge in [-0.25, -0.2) is 18.9 Å². The zero-order valence-electron chi connectivity index (χ0n) is 14.1. The summed E-state index contributed by atoms with van der Waals surface area (Å²) in [6.07, 6.45) is 2.49. The van der Waals surface area contributed by atoms with Crippen LogP contribution in [0.15, 0.2) is 18.2 Å². The molecule has 1 aromatic carbocycles. The fraction of sp³-hybridized carbons (Fsp3) is 0.562. The van der Waals surface area contributed by atoms with E-state index < -0.39 is 30.7 Å². The van der Waals surface area contributed by atoms with E-state index in [1.165, 1.54) is 6.07 Å². The van der Waals surface area contributed by atoms with Crippen molar-refractivity contribution >= 4 is 13.4 Å². The molecule has 1 aliphatic heterocycles. The number of unbranched alkanes of at least 4 members (excludes halogenated alkanes) is 1. The molecule has 0 spiro atoms. The van der Waals surface area contributed by atoms with Crippen LogP contribution in [0.4, 0.5) is 8.78 Å². The summed E-state index contributed by atoms with van der Waals surface area (Å²) in [6.45, 7) is 2.47. The van der Waals surface area contributed by atoms with Gasteiger partial charge in [-0.2, -0.15) is 0 Å². The van der Waals surface area contributed by atoms with Crippen LogP contribution >= 0.6 is 7.52 Å². The van der Waals surface area contributed by atoms with E-state index in [4.69, 9.17) is 4.84 Å². The molecule has 25 heavy (non-hydrogen) atoms. The number of halogens is 2. The number of hydroxylamine groups is 2. The Hall–Kier alpha value is -1.34. The maximum Gasteiger partial charge on any atom is 0.279 e. The third-order valence-corrected chi connectivity index (χ3v) is 5.98. The number of benzene rings is 1. The zero-order valence-corrected chi connectivity index (χ0v) is 15.0. The van der Waals surface area contributed by atoms with Crippen molar-refractivity contribution in [2.45, 2.75) is 44.8 Å². The average molecular weight is 376 g/mol. The van der Waals surface area contributed by atoms with Gasteiger partial charge in [-0.3, -0.25) is 14.2 Å². The molecule has 0 saturated carbocycles. The number of amides is 1. The van der Waals surface area contributed by atoms with Gasteiger partial charge in [-0.05, 0) is 25.3 Å². The molecule has 2 atom stereocenters. The molecule has 2 N–H and O–H groups in total. The van der Waals surface area contributed by atoms with E-state index in [0.717, 1.165) is 24.0 Å². The molecule has 0 bridgehead atoms. The lowest BCUT2D eigenvalue weighted by molar-refractivity contribution is -0.191. The lowest BCUT2D eigenvalue weighted by Crippen LogP contribution is -2.45. The Kier molecular flexibility index (Phi) is 7.07. The molecule has 0 aromatic heterocycles. The summed E-state index contributed by atoms with van der Waals surface area (Å²) in [4.78, 5) is 28.0. The van der Waals surface area contributed by atoms with Gasteiger partial charge in [0.25, 0.3) is 13.4 Å². The third kappa shape index (κ3) is 5.31. The van der Waals surface area contributed by atoms with Crippen LogP contribution in [0.25, 0.3) is 0 Å². The number of nitrogens with zero attached hydrogens (tertiary/aromatic N) is 1. The normalized spacial score (nSPS) is 20.6.